The van der Waals surface area contributed by atoms with Gasteiger partial charge in [-0.15, -0.1) is 0 Å². The molecule has 25 heavy (non-hydrogen) atoms. The van der Waals surface area contributed by atoms with Crippen LogP contribution in [-0.4, -0.2) is 16.9 Å². The van der Waals surface area contributed by atoms with Gasteiger partial charge in [0, 0.05) is 12.6 Å². The lowest BCUT2D eigenvalue weighted by molar-refractivity contribution is 0.245. The van der Waals surface area contributed by atoms with Gasteiger partial charge in [0.05, 0.1) is 5.54 Å². The van der Waals surface area contributed by atoms with Crippen molar-refractivity contribution in [1.82, 2.24) is 0 Å². The number of rotatable bonds is 2. The lowest BCUT2D eigenvalue weighted by atomic mass is 9.70. The van der Waals surface area contributed by atoms with Crippen molar-refractivity contribution in [2.75, 3.05) is 0 Å². The van der Waals surface area contributed by atoms with Crippen LogP contribution in [0.5, 0.6) is 5.75 Å². The van der Waals surface area contributed by atoms with Crippen LogP contribution in [0.1, 0.15) is 79.0 Å². The van der Waals surface area contributed by atoms with Crippen LogP contribution in [0.4, 0.5) is 0 Å². The minimum atomic E-state index is -0.228. The van der Waals surface area contributed by atoms with E-state index >= 15 is 0 Å². The standard InChI is InChI=1S/C23H35NO/c1-20(2,3)17-13-16(14-18(19(17)25)21(4,5)6)15-23(22(7,8)9)11-10-12-24-23/h10-14,25H,15H2,1-9H3. The summed E-state index contributed by atoms with van der Waals surface area (Å²) < 4.78 is 0. The fraction of sp³-hybridized carbons (Fsp3) is 0.609. The Morgan fingerprint density at radius 1 is 0.880 bits per heavy atom. The summed E-state index contributed by atoms with van der Waals surface area (Å²) in [6, 6.07) is 4.36. The molecule has 138 valence electrons. The maximum Gasteiger partial charge on any atom is 0.123 e. The Bertz CT molecular complexity index is 656. The first kappa shape index (κ1) is 19.8. The Balaban J connectivity index is 2.63. The van der Waals surface area contributed by atoms with Crippen LogP contribution in [-0.2, 0) is 17.3 Å². The summed E-state index contributed by atoms with van der Waals surface area (Å²) in [6.07, 6.45) is 7.05. The van der Waals surface area contributed by atoms with Gasteiger partial charge in [-0.1, -0.05) is 80.5 Å². The van der Waals surface area contributed by atoms with E-state index in [0.717, 1.165) is 17.5 Å². The largest absolute Gasteiger partial charge is 0.507 e. The van der Waals surface area contributed by atoms with Crippen molar-refractivity contribution in [3.05, 3.63) is 41.0 Å². The molecule has 1 aromatic rings. The van der Waals surface area contributed by atoms with Gasteiger partial charge in [0.25, 0.3) is 0 Å². The molecule has 1 aliphatic heterocycles. The zero-order valence-corrected chi connectivity index (χ0v) is 17.5. The maximum absolute atomic E-state index is 10.9. The molecule has 1 heterocycles. The SMILES string of the molecule is CC(C)(C)c1cc(CC2(C(C)(C)C)C=CC=N2)cc(C(C)(C)C)c1O. The number of phenolic OH excluding ortho intramolecular Hbond substituents is 1. The summed E-state index contributed by atoms with van der Waals surface area (Å²) in [5.41, 5.74) is 2.86. The highest BCUT2D eigenvalue weighted by molar-refractivity contribution is 5.75. The third-order valence-electron chi connectivity index (χ3n) is 5.32. The minimum absolute atomic E-state index is 0.0260. The average Bonchev–Trinajstić information content (AvgIpc) is 2.87. The van der Waals surface area contributed by atoms with E-state index in [1.54, 1.807) is 0 Å². The normalized spacial score (nSPS) is 21.2. The summed E-state index contributed by atoms with van der Waals surface area (Å²) in [5.74, 6) is 0.444. The minimum Gasteiger partial charge on any atom is -0.507 e. The highest BCUT2D eigenvalue weighted by Gasteiger charge is 2.41. The molecule has 0 radical (unpaired) electrons. The monoisotopic (exact) mass is 341 g/mol. The number of phenols is 1. The third kappa shape index (κ3) is 3.83. The fourth-order valence-electron chi connectivity index (χ4n) is 3.49. The van der Waals surface area contributed by atoms with E-state index in [0.29, 0.717) is 5.75 Å². The van der Waals surface area contributed by atoms with Gasteiger partial charge < -0.3 is 5.11 Å². The molecule has 2 nitrogen and oxygen atoms in total. The Morgan fingerprint density at radius 2 is 1.36 bits per heavy atom. The molecule has 2 rings (SSSR count). The molecule has 0 spiro atoms. The lowest BCUT2D eigenvalue weighted by Gasteiger charge is -2.39. The van der Waals surface area contributed by atoms with Gasteiger partial charge in [-0.05, 0) is 39.0 Å². The molecule has 1 unspecified atom stereocenters. The first-order valence-electron chi connectivity index (χ1n) is 9.27. The van der Waals surface area contributed by atoms with Crippen LogP contribution in [0.3, 0.4) is 0 Å². The smallest absolute Gasteiger partial charge is 0.123 e. The zero-order chi connectivity index (χ0) is 19.3. The van der Waals surface area contributed by atoms with Crippen molar-refractivity contribution in [1.29, 1.82) is 0 Å². The Morgan fingerprint density at radius 3 is 1.68 bits per heavy atom. The maximum atomic E-state index is 10.9. The van der Waals surface area contributed by atoms with Crippen LogP contribution in [0, 0.1) is 5.41 Å². The van der Waals surface area contributed by atoms with E-state index in [-0.39, 0.29) is 21.8 Å². The molecule has 0 fully saturated rings. The van der Waals surface area contributed by atoms with Crippen molar-refractivity contribution >= 4 is 6.21 Å². The number of aromatic hydroxyl groups is 1. The first-order chi connectivity index (χ1) is 11.2. The molecular weight excluding hydrogens is 306 g/mol. The molecule has 2 heteroatoms. The van der Waals surface area contributed by atoms with Gasteiger partial charge in [0.15, 0.2) is 0 Å². The quantitative estimate of drug-likeness (QED) is 0.707. The highest BCUT2D eigenvalue weighted by atomic mass is 16.3. The summed E-state index contributed by atoms with van der Waals surface area (Å²) in [5, 5.41) is 10.9. The summed E-state index contributed by atoms with van der Waals surface area (Å²) >= 11 is 0. The second kappa shape index (κ2) is 6.00. The summed E-state index contributed by atoms with van der Waals surface area (Å²) in [7, 11) is 0. The van der Waals surface area contributed by atoms with Crippen LogP contribution >= 0.6 is 0 Å². The number of hydrogen-bond acceptors (Lipinski definition) is 2. The van der Waals surface area contributed by atoms with Crippen molar-refractivity contribution < 1.29 is 5.11 Å². The zero-order valence-electron chi connectivity index (χ0n) is 17.5. The van der Waals surface area contributed by atoms with Crippen molar-refractivity contribution in [3.8, 4) is 5.75 Å². The second-order valence-electron chi connectivity index (χ2n) is 10.5. The predicted molar refractivity (Wildman–Crippen MR) is 109 cm³/mol. The number of aliphatic imine (C=N–C) groups is 1. The van der Waals surface area contributed by atoms with Gasteiger partial charge in [0.1, 0.15) is 5.75 Å². The van der Waals surface area contributed by atoms with Crippen molar-refractivity contribution in [2.24, 2.45) is 10.4 Å². The van der Waals surface area contributed by atoms with E-state index in [2.05, 4.69) is 86.6 Å². The predicted octanol–water partition coefficient (Wildman–Crippen LogP) is 5.96. The molecule has 0 bridgehead atoms. The Labute approximate surface area is 154 Å². The first-order valence-corrected chi connectivity index (χ1v) is 9.27. The van der Waals surface area contributed by atoms with Crippen molar-refractivity contribution in [2.45, 2.75) is 85.1 Å². The van der Waals surface area contributed by atoms with Crippen LogP contribution < -0.4 is 0 Å². The molecule has 0 amide bonds. The number of benzene rings is 1. The molecule has 0 saturated heterocycles. The average molecular weight is 342 g/mol. The highest BCUT2D eigenvalue weighted by Crippen LogP contribution is 2.44. The third-order valence-corrected chi connectivity index (χ3v) is 5.32. The van der Waals surface area contributed by atoms with Crippen molar-refractivity contribution in [3.63, 3.8) is 0 Å². The van der Waals surface area contributed by atoms with E-state index in [1.165, 1.54) is 5.56 Å². The summed E-state index contributed by atoms with van der Waals surface area (Å²) in [6.45, 7) is 19.7. The second-order valence-corrected chi connectivity index (χ2v) is 10.5. The topological polar surface area (TPSA) is 32.6 Å². The van der Waals surface area contributed by atoms with Crippen LogP contribution in [0.15, 0.2) is 29.3 Å². The Hall–Kier alpha value is -1.57. The van der Waals surface area contributed by atoms with Gasteiger partial charge in [-0.25, -0.2) is 0 Å². The molecular formula is C23H35NO. The Kier molecular flexibility index (Phi) is 4.74. The van der Waals surface area contributed by atoms with E-state index in [4.69, 9.17) is 4.99 Å². The van der Waals surface area contributed by atoms with Gasteiger partial charge >= 0.3 is 0 Å². The molecule has 0 aromatic heterocycles. The van der Waals surface area contributed by atoms with E-state index < -0.39 is 0 Å². The molecule has 1 atom stereocenters. The lowest BCUT2D eigenvalue weighted by Crippen LogP contribution is -2.40. The number of hydrogen-bond donors (Lipinski definition) is 1. The van der Waals surface area contributed by atoms with E-state index in [1.807, 2.05) is 6.21 Å². The molecule has 0 aliphatic carbocycles. The fourth-order valence-corrected chi connectivity index (χ4v) is 3.49. The van der Waals surface area contributed by atoms with Crippen LogP contribution in [0.2, 0.25) is 0 Å². The van der Waals surface area contributed by atoms with Gasteiger partial charge in [-0.2, -0.15) is 0 Å². The number of nitrogens with zero attached hydrogens (tertiary/aromatic N) is 1. The van der Waals surface area contributed by atoms with Crippen LogP contribution in [0.25, 0.3) is 0 Å². The van der Waals surface area contributed by atoms with E-state index in [9.17, 15) is 5.11 Å². The molecule has 1 aliphatic rings. The number of allylic oxidation sites excluding steroid dienone is 1. The summed E-state index contributed by atoms with van der Waals surface area (Å²) in [4.78, 5) is 4.84. The molecule has 1 N–H and O–H groups in total. The van der Waals surface area contributed by atoms with Gasteiger partial charge in [-0.3, -0.25) is 4.99 Å². The molecule has 1 aromatic carbocycles. The van der Waals surface area contributed by atoms with Gasteiger partial charge in [0.2, 0.25) is 0 Å². The molecule has 0 saturated carbocycles.